The minimum absolute atomic E-state index is 0.0935. The molecule has 0 saturated carbocycles. The fourth-order valence-electron chi connectivity index (χ4n) is 2.99. The highest BCUT2D eigenvalue weighted by atomic mass is 35.5. The van der Waals surface area contributed by atoms with Gasteiger partial charge in [-0.25, -0.2) is 4.79 Å². The van der Waals surface area contributed by atoms with Crippen LogP contribution < -0.4 is 10.1 Å². The van der Waals surface area contributed by atoms with Gasteiger partial charge in [0.25, 0.3) is 5.91 Å². The second-order valence-corrected chi connectivity index (χ2v) is 6.46. The maximum atomic E-state index is 12.8. The van der Waals surface area contributed by atoms with E-state index < -0.39 is 11.9 Å². The van der Waals surface area contributed by atoms with Crippen molar-refractivity contribution in [3.8, 4) is 5.75 Å². The molecule has 2 aromatic carbocycles. The highest BCUT2D eigenvalue weighted by Gasteiger charge is 2.22. The number of carbonyl (C=O) groups is 2. The van der Waals surface area contributed by atoms with Crippen LogP contribution in [0, 0.1) is 0 Å². The number of ether oxygens (including phenoxy) is 2. The van der Waals surface area contributed by atoms with Crippen LogP contribution in [0.4, 0.5) is 5.69 Å². The third-order valence-electron chi connectivity index (χ3n) is 4.34. The molecule has 2 N–H and O–H groups in total. The monoisotopic (exact) mass is 398 g/mol. The largest absolute Gasteiger partial charge is 0.497 e. The van der Waals surface area contributed by atoms with E-state index in [0.717, 1.165) is 0 Å². The smallest absolute Gasteiger partial charge is 0.356 e. The van der Waals surface area contributed by atoms with Crippen LogP contribution >= 0.6 is 11.6 Å². The van der Waals surface area contributed by atoms with Gasteiger partial charge >= 0.3 is 5.97 Å². The number of amides is 1. The van der Waals surface area contributed by atoms with Gasteiger partial charge in [-0.2, -0.15) is 0 Å². The maximum Gasteiger partial charge on any atom is 0.356 e. The number of esters is 1. The minimum atomic E-state index is -0.609. The number of methoxy groups -OCH3 is 2. The molecule has 7 nitrogen and oxygen atoms in total. The zero-order valence-corrected chi connectivity index (χ0v) is 15.7. The number of furan rings is 1. The quantitative estimate of drug-likeness (QED) is 0.489. The van der Waals surface area contributed by atoms with Crippen LogP contribution in [0.5, 0.6) is 5.75 Å². The van der Waals surface area contributed by atoms with Crippen molar-refractivity contribution in [1.29, 1.82) is 0 Å². The lowest BCUT2D eigenvalue weighted by Crippen LogP contribution is -2.14. The molecule has 142 valence electrons. The van der Waals surface area contributed by atoms with E-state index in [0.29, 0.717) is 38.3 Å². The summed E-state index contributed by atoms with van der Waals surface area (Å²) in [7, 11) is 2.81. The Labute approximate surface area is 164 Å². The topological polar surface area (TPSA) is 93.6 Å². The van der Waals surface area contributed by atoms with Crippen LogP contribution in [0.2, 0.25) is 5.02 Å². The van der Waals surface area contributed by atoms with Crippen molar-refractivity contribution in [3.05, 3.63) is 58.9 Å². The molecule has 0 bridgehead atoms. The molecule has 0 spiro atoms. The standard InChI is InChI=1S/C20H15ClN2O5/c1-26-12-4-5-13-14(9-12)22-18(20(25)27-2)17(13)23-19(24)16-8-10-7-11(21)3-6-15(10)28-16/h3-9,22H,1-2H3,(H,23,24). The van der Waals surface area contributed by atoms with Gasteiger partial charge in [0, 0.05) is 21.9 Å². The lowest BCUT2D eigenvalue weighted by molar-refractivity contribution is 0.0596. The lowest BCUT2D eigenvalue weighted by Gasteiger charge is -2.05. The Kier molecular flexibility index (Phi) is 4.44. The fraction of sp³-hybridized carbons (Fsp3) is 0.100. The second-order valence-electron chi connectivity index (χ2n) is 6.03. The summed E-state index contributed by atoms with van der Waals surface area (Å²) < 4.78 is 15.6. The van der Waals surface area contributed by atoms with Crippen molar-refractivity contribution in [3.63, 3.8) is 0 Å². The number of hydrogen-bond acceptors (Lipinski definition) is 5. The number of carbonyl (C=O) groups excluding carboxylic acids is 2. The van der Waals surface area contributed by atoms with Crippen molar-refractivity contribution >= 4 is 51.0 Å². The highest BCUT2D eigenvalue weighted by molar-refractivity contribution is 6.31. The van der Waals surface area contributed by atoms with E-state index >= 15 is 0 Å². The first-order valence-corrected chi connectivity index (χ1v) is 8.66. The summed E-state index contributed by atoms with van der Waals surface area (Å²) in [5.41, 5.74) is 1.57. The molecule has 0 fully saturated rings. The van der Waals surface area contributed by atoms with Gasteiger partial charge in [-0.3, -0.25) is 4.79 Å². The Morgan fingerprint density at radius 3 is 2.68 bits per heavy atom. The molecule has 28 heavy (non-hydrogen) atoms. The molecule has 0 aliphatic carbocycles. The Morgan fingerprint density at radius 1 is 1.11 bits per heavy atom. The van der Waals surface area contributed by atoms with Gasteiger partial charge in [0.05, 0.1) is 25.4 Å². The van der Waals surface area contributed by atoms with E-state index in [1.165, 1.54) is 7.11 Å². The number of benzene rings is 2. The maximum absolute atomic E-state index is 12.8. The first-order valence-electron chi connectivity index (χ1n) is 8.28. The van der Waals surface area contributed by atoms with Crippen molar-refractivity contribution < 1.29 is 23.5 Å². The third-order valence-corrected chi connectivity index (χ3v) is 4.57. The molecule has 1 amide bonds. The van der Waals surface area contributed by atoms with Crippen LogP contribution in [-0.2, 0) is 4.74 Å². The molecule has 0 aliphatic heterocycles. The first kappa shape index (κ1) is 17.9. The molecule has 0 saturated heterocycles. The summed E-state index contributed by atoms with van der Waals surface area (Å²) in [6.45, 7) is 0. The first-order chi connectivity index (χ1) is 13.5. The number of aromatic amines is 1. The molecule has 0 unspecified atom stereocenters. The van der Waals surface area contributed by atoms with Gasteiger partial charge in [0.1, 0.15) is 17.0 Å². The van der Waals surface area contributed by atoms with E-state index in [-0.39, 0.29) is 11.5 Å². The normalized spacial score (nSPS) is 11.0. The van der Waals surface area contributed by atoms with E-state index in [4.69, 9.17) is 25.5 Å². The average molecular weight is 399 g/mol. The van der Waals surface area contributed by atoms with Gasteiger partial charge in [0.2, 0.25) is 0 Å². The summed E-state index contributed by atoms with van der Waals surface area (Å²) in [6, 6.07) is 11.9. The zero-order chi connectivity index (χ0) is 19.8. The SMILES string of the molecule is COC(=O)c1[nH]c2cc(OC)ccc2c1NC(=O)c1cc2cc(Cl)ccc2o1. The average Bonchev–Trinajstić information content (AvgIpc) is 3.28. The Bertz CT molecular complexity index is 1220. The number of hydrogen-bond donors (Lipinski definition) is 2. The summed E-state index contributed by atoms with van der Waals surface area (Å²) >= 11 is 5.98. The van der Waals surface area contributed by atoms with E-state index in [9.17, 15) is 9.59 Å². The third kappa shape index (κ3) is 3.05. The van der Waals surface area contributed by atoms with Crippen LogP contribution in [-0.4, -0.2) is 31.1 Å². The summed E-state index contributed by atoms with van der Waals surface area (Å²) in [5.74, 6) is -0.413. The number of nitrogens with one attached hydrogen (secondary N) is 2. The zero-order valence-electron chi connectivity index (χ0n) is 15.0. The van der Waals surface area contributed by atoms with E-state index in [1.54, 1.807) is 49.6 Å². The molecule has 4 rings (SSSR count). The van der Waals surface area contributed by atoms with Crippen LogP contribution in [0.3, 0.4) is 0 Å². The fourth-order valence-corrected chi connectivity index (χ4v) is 3.17. The van der Waals surface area contributed by atoms with Gasteiger partial charge in [-0.05, 0) is 36.4 Å². The Morgan fingerprint density at radius 2 is 1.93 bits per heavy atom. The van der Waals surface area contributed by atoms with Gasteiger partial charge < -0.3 is 24.2 Å². The second kappa shape index (κ2) is 6.94. The van der Waals surface area contributed by atoms with Gasteiger partial charge in [-0.1, -0.05) is 11.6 Å². The Hall–Kier alpha value is -3.45. The van der Waals surface area contributed by atoms with Crippen molar-refractivity contribution in [2.24, 2.45) is 0 Å². The number of aromatic nitrogens is 1. The van der Waals surface area contributed by atoms with Gasteiger partial charge in [0.15, 0.2) is 5.76 Å². The molecule has 0 radical (unpaired) electrons. The van der Waals surface area contributed by atoms with E-state index in [1.807, 2.05) is 0 Å². The number of rotatable bonds is 4. The molecular weight excluding hydrogens is 384 g/mol. The van der Waals surface area contributed by atoms with Gasteiger partial charge in [-0.15, -0.1) is 0 Å². The molecule has 2 heterocycles. The van der Waals surface area contributed by atoms with Crippen LogP contribution in [0.15, 0.2) is 46.9 Å². The Balaban J connectivity index is 1.76. The number of fused-ring (bicyclic) bond motifs is 2. The predicted molar refractivity (Wildman–Crippen MR) is 105 cm³/mol. The molecule has 0 aliphatic rings. The lowest BCUT2D eigenvalue weighted by atomic mass is 10.2. The number of halogens is 1. The predicted octanol–water partition coefficient (Wildman–Crippen LogP) is 4.62. The number of anilines is 1. The summed E-state index contributed by atoms with van der Waals surface area (Å²) in [5, 5.41) is 4.62. The molecule has 8 heteroatoms. The van der Waals surface area contributed by atoms with Crippen LogP contribution in [0.25, 0.3) is 21.9 Å². The van der Waals surface area contributed by atoms with Crippen LogP contribution in [0.1, 0.15) is 21.0 Å². The minimum Gasteiger partial charge on any atom is -0.497 e. The summed E-state index contributed by atoms with van der Waals surface area (Å²) in [4.78, 5) is 27.9. The molecule has 0 atom stereocenters. The van der Waals surface area contributed by atoms with Crippen molar-refractivity contribution in [1.82, 2.24) is 4.98 Å². The van der Waals surface area contributed by atoms with Crippen molar-refractivity contribution in [2.45, 2.75) is 0 Å². The molecule has 2 aromatic heterocycles. The summed E-state index contributed by atoms with van der Waals surface area (Å²) in [6.07, 6.45) is 0. The molecular formula is C20H15ClN2O5. The van der Waals surface area contributed by atoms with Crippen molar-refractivity contribution in [2.75, 3.05) is 19.5 Å². The number of H-pyrrole nitrogens is 1. The molecule has 4 aromatic rings. The van der Waals surface area contributed by atoms with E-state index in [2.05, 4.69) is 10.3 Å². The highest BCUT2D eigenvalue weighted by Crippen LogP contribution is 2.32.